The molecule has 0 aliphatic rings. The molecule has 132 valence electrons. The Kier molecular flexibility index (Phi) is 4.86. The van der Waals surface area contributed by atoms with Crippen molar-refractivity contribution < 1.29 is 13.2 Å². The number of rotatable bonds is 5. The number of para-hydroxylation sites is 1. The van der Waals surface area contributed by atoms with Crippen LogP contribution in [0.15, 0.2) is 54.7 Å². The number of nitrogens with zero attached hydrogens (tertiary/aromatic N) is 1. The van der Waals surface area contributed by atoms with E-state index in [2.05, 4.69) is 29.8 Å². The predicted molar refractivity (Wildman–Crippen MR) is 94.6 cm³/mol. The molecular formula is C20H21F3N2. The van der Waals surface area contributed by atoms with Crippen LogP contribution in [0.5, 0.6) is 0 Å². The maximum absolute atomic E-state index is 12.7. The van der Waals surface area contributed by atoms with Crippen molar-refractivity contribution in [1.82, 2.24) is 4.57 Å². The Labute approximate surface area is 145 Å². The molecule has 0 aliphatic carbocycles. The number of benzene rings is 2. The molecule has 2 aromatic carbocycles. The number of alkyl halides is 3. The lowest BCUT2D eigenvalue weighted by Gasteiger charge is -2.15. The summed E-state index contributed by atoms with van der Waals surface area (Å²) >= 11 is 0. The van der Waals surface area contributed by atoms with Crippen molar-refractivity contribution in [2.45, 2.75) is 32.0 Å². The van der Waals surface area contributed by atoms with Gasteiger partial charge in [0, 0.05) is 29.6 Å². The first-order valence-corrected chi connectivity index (χ1v) is 8.38. The molecule has 2 N–H and O–H groups in total. The van der Waals surface area contributed by atoms with Gasteiger partial charge < -0.3 is 10.3 Å². The van der Waals surface area contributed by atoms with Crippen molar-refractivity contribution in [3.8, 4) is 0 Å². The van der Waals surface area contributed by atoms with E-state index < -0.39 is 11.7 Å². The van der Waals surface area contributed by atoms with Crippen molar-refractivity contribution in [2.24, 2.45) is 5.73 Å². The average Bonchev–Trinajstić information content (AvgIpc) is 2.98. The van der Waals surface area contributed by atoms with Crippen molar-refractivity contribution in [2.75, 3.05) is 6.54 Å². The van der Waals surface area contributed by atoms with Crippen LogP contribution in [0.3, 0.4) is 0 Å². The van der Waals surface area contributed by atoms with Crippen LogP contribution in [-0.2, 0) is 19.1 Å². The summed E-state index contributed by atoms with van der Waals surface area (Å²) in [5.74, 6) is 0.0643. The molecule has 0 radical (unpaired) electrons. The van der Waals surface area contributed by atoms with E-state index in [0.717, 1.165) is 40.7 Å². The SMILES string of the molecule is CCn1cc(C(CN)Cc2ccc(C(F)(F)F)cc2)c2ccccc21. The largest absolute Gasteiger partial charge is 0.416 e. The lowest BCUT2D eigenvalue weighted by Crippen LogP contribution is -2.15. The van der Waals surface area contributed by atoms with Crippen LogP contribution in [0.1, 0.15) is 29.5 Å². The molecule has 0 saturated heterocycles. The second-order valence-electron chi connectivity index (χ2n) is 6.22. The molecule has 5 heteroatoms. The van der Waals surface area contributed by atoms with Gasteiger partial charge in [0.1, 0.15) is 0 Å². The fraction of sp³-hybridized carbons (Fsp3) is 0.300. The Morgan fingerprint density at radius 2 is 1.72 bits per heavy atom. The first-order chi connectivity index (χ1) is 11.9. The Hall–Kier alpha value is -2.27. The highest BCUT2D eigenvalue weighted by molar-refractivity contribution is 5.84. The summed E-state index contributed by atoms with van der Waals surface area (Å²) in [5.41, 5.74) is 8.55. The maximum Gasteiger partial charge on any atom is 0.416 e. The van der Waals surface area contributed by atoms with E-state index >= 15 is 0 Å². The van der Waals surface area contributed by atoms with Gasteiger partial charge in [0.25, 0.3) is 0 Å². The predicted octanol–water partition coefficient (Wildman–Crippen LogP) is 4.97. The molecule has 0 spiro atoms. The van der Waals surface area contributed by atoms with Crippen molar-refractivity contribution in [3.05, 3.63) is 71.4 Å². The molecular weight excluding hydrogens is 325 g/mol. The summed E-state index contributed by atoms with van der Waals surface area (Å²) in [7, 11) is 0. The van der Waals surface area contributed by atoms with E-state index in [1.165, 1.54) is 0 Å². The highest BCUT2D eigenvalue weighted by Crippen LogP contribution is 2.32. The van der Waals surface area contributed by atoms with Crippen LogP contribution in [-0.4, -0.2) is 11.1 Å². The number of aromatic nitrogens is 1. The number of hydrogen-bond donors (Lipinski definition) is 1. The van der Waals surface area contributed by atoms with Crippen LogP contribution >= 0.6 is 0 Å². The minimum absolute atomic E-state index is 0.0643. The summed E-state index contributed by atoms with van der Waals surface area (Å²) in [5, 5.41) is 1.16. The fourth-order valence-electron chi connectivity index (χ4n) is 3.30. The van der Waals surface area contributed by atoms with Crippen LogP contribution in [0, 0.1) is 0 Å². The molecule has 2 nitrogen and oxygen atoms in total. The van der Waals surface area contributed by atoms with Gasteiger partial charge in [-0.15, -0.1) is 0 Å². The van der Waals surface area contributed by atoms with Gasteiger partial charge in [0.05, 0.1) is 5.56 Å². The molecule has 0 aliphatic heterocycles. The lowest BCUT2D eigenvalue weighted by molar-refractivity contribution is -0.137. The number of nitrogens with two attached hydrogens (primary N) is 1. The molecule has 1 unspecified atom stereocenters. The van der Waals surface area contributed by atoms with Gasteiger partial charge in [-0.1, -0.05) is 30.3 Å². The van der Waals surface area contributed by atoms with E-state index in [1.54, 1.807) is 12.1 Å². The maximum atomic E-state index is 12.7. The zero-order valence-electron chi connectivity index (χ0n) is 14.1. The Morgan fingerprint density at radius 1 is 1.04 bits per heavy atom. The third-order valence-electron chi connectivity index (χ3n) is 4.65. The highest BCUT2D eigenvalue weighted by Gasteiger charge is 2.30. The minimum atomic E-state index is -4.31. The summed E-state index contributed by atoms with van der Waals surface area (Å²) in [4.78, 5) is 0. The average molecular weight is 346 g/mol. The molecule has 0 fully saturated rings. The van der Waals surface area contributed by atoms with E-state index in [-0.39, 0.29) is 5.92 Å². The topological polar surface area (TPSA) is 30.9 Å². The number of fused-ring (bicyclic) bond motifs is 1. The fourth-order valence-corrected chi connectivity index (χ4v) is 3.30. The van der Waals surface area contributed by atoms with E-state index in [0.29, 0.717) is 13.0 Å². The second kappa shape index (κ2) is 6.92. The van der Waals surface area contributed by atoms with Gasteiger partial charge in [-0.2, -0.15) is 13.2 Å². The van der Waals surface area contributed by atoms with Gasteiger partial charge in [-0.3, -0.25) is 0 Å². The zero-order chi connectivity index (χ0) is 18.0. The molecule has 25 heavy (non-hydrogen) atoms. The van der Waals surface area contributed by atoms with Gasteiger partial charge >= 0.3 is 6.18 Å². The number of hydrogen-bond acceptors (Lipinski definition) is 1. The van der Waals surface area contributed by atoms with Gasteiger partial charge in [0.15, 0.2) is 0 Å². The van der Waals surface area contributed by atoms with Gasteiger partial charge in [-0.25, -0.2) is 0 Å². The molecule has 3 rings (SSSR count). The summed E-state index contributed by atoms with van der Waals surface area (Å²) in [6, 6.07) is 13.5. The van der Waals surface area contributed by atoms with Crippen LogP contribution in [0.4, 0.5) is 13.2 Å². The van der Waals surface area contributed by atoms with Crippen molar-refractivity contribution in [1.29, 1.82) is 0 Å². The van der Waals surface area contributed by atoms with E-state index in [9.17, 15) is 13.2 Å². The normalized spacial score (nSPS) is 13.3. The summed E-state index contributed by atoms with van der Waals surface area (Å²) in [6.45, 7) is 3.39. The van der Waals surface area contributed by atoms with E-state index in [1.807, 2.05) is 12.1 Å². The van der Waals surface area contributed by atoms with Crippen molar-refractivity contribution >= 4 is 10.9 Å². The second-order valence-corrected chi connectivity index (χ2v) is 6.22. The van der Waals surface area contributed by atoms with Crippen LogP contribution in [0.25, 0.3) is 10.9 Å². The summed E-state index contributed by atoms with van der Waals surface area (Å²) < 4.78 is 40.3. The first kappa shape index (κ1) is 17.5. The Balaban J connectivity index is 1.91. The number of aryl methyl sites for hydroxylation is 1. The molecule has 0 bridgehead atoms. The molecule has 0 saturated carbocycles. The third kappa shape index (κ3) is 3.56. The Bertz CT molecular complexity index is 847. The Morgan fingerprint density at radius 3 is 2.32 bits per heavy atom. The third-order valence-corrected chi connectivity index (χ3v) is 4.65. The first-order valence-electron chi connectivity index (χ1n) is 8.38. The molecule has 1 atom stereocenters. The van der Waals surface area contributed by atoms with Crippen LogP contribution in [0.2, 0.25) is 0 Å². The van der Waals surface area contributed by atoms with Gasteiger partial charge in [0.2, 0.25) is 0 Å². The molecule has 3 aromatic rings. The minimum Gasteiger partial charge on any atom is -0.347 e. The highest BCUT2D eigenvalue weighted by atomic mass is 19.4. The lowest BCUT2D eigenvalue weighted by atomic mass is 9.91. The molecule has 1 aromatic heterocycles. The zero-order valence-corrected chi connectivity index (χ0v) is 14.1. The molecule has 0 amide bonds. The molecule has 1 heterocycles. The van der Waals surface area contributed by atoms with Gasteiger partial charge in [-0.05, 0) is 49.2 Å². The van der Waals surface area contributed by atoms with Crippen molar-refractivity contribution in [3.63, 3.8) is 0 Å². The van der Waals surface area contributed by atoms with E-state index in [4.69, 9.17) is 5.73 Å². The monoisotopic (exact) mass is 346 g/mol. The van der Waals surface area contributed by atoms with Crippen LogP contribution < -0.4 is 5.73 Å². The smallest absolute Gasteiger partial charge is 0.347 e. The number of halogens is 3. The quantitative estimate of drug-likeness (QED) is 0.695. The summed E-state index contributed by atoms with van der Waals surface area (Å²) in [6.07, 6.45) is -1.57. The standard InChI is InChI=1S/C20H21F3N2/c1-2-25-13-18(17-5-3-4-6-19(17)25)15(12-24)11-14-7-9-16(10-8-14)20(21,22)23/h3-10,13,15H,2,11-12,24H2,1H3.